The number of nitrogens with two attached hydrogens (primary N) is 2. The number of hydrogen-bond acceptors (Lipinski definition) is 13. The number of fused-ring (bicyclic) bond motifs is 4. The van der Waals surface area contributed by atoms with E-state index in [-0.39, 0.29) is 48.2 Å². The van der Waals surface area contributed by atoms with Crippen LogP contribution in [0.1, 0.15) is 163 Å². The Labute approximate surface area is 503 Å². The van der Waals surface area contributed by atoms with E-state index < -0.39 is 32.8 Å². The molecule has 6 aromatic heterocycles. The van der Waals surface area contributed by atoms with E-state index in [0.29, 0.717) is 25.6 Å². The Bertz CT molecular complexity index is 3930. The number of hydrogen-bond donors (Lipinski definition) is 5. The molecule has 22 nitrogen and oxygen atoms in total. The lowest BCUT2D eigenvalue weighted by atomic mass is 9.86. The van der Waals surface area contributed by atoms with Crippen molar-refractivity contribution in [2.24, 2.45) is 11.5 Å². The number of phosphoric ester groups is 2. The second-order valence-corrected chi connectivity index (χ2v) is 29.0. The van der Waals surface area contributed by atoms with Crippen LogP contribution < -0.4 is 20.9 Å². The van der Waals surface area contributed by atoms with Gasteiger partial charge in [0.25, 0.3) is 25.7 Å². The molecule has 2 atom stereocenters. The highest BCUT2D eigenvalue weighted by Crippen LogP contribution is 2.49. The van der Waals surface area contributed by atoms with Gasteiger partial charge in [-0.1, -0.05) is 44.3 Å². The molecule has 0 spiro atoms. The summed E-state index contributed by atoms with van der Waals surface area (Å²) in [5, 5.41) is 11.3. The molecule has 2 aliphatic heterocycles. The van der Waals surface area contributed by atoms with Crippen molar-refractivity contribution >= 4 is 60.6 Å². The van der Waals surface area contributed by atoms with E-state index in [4.69, 9.17) is 29.6 Å². The number of aromatic nitrogens is 8. The molecule has 7 N–H and O–H groups in total. The molecule has 2 unspecified atom stereocenters. The van der Waals surface area contributed by atoms with Gasteiger partial charge < -0.3 is 35.7 Å². The molecule has 2 fully saturated rings. The van der Waals surface area contributed by atoms with E-state index in [0.717, 1.165) is 100 Å². The summed E-state index contributed by atoms with van der Waals surface area (Å²) in [4.78, 5) is 59.9. The average Bonchev–Trinajstić information content (AvgIpc) is 1.68. The Morgan fingerprint density at radius 2 is 1.27 bits per heavy atom. The Kier molecular flexibility index (Phi) is 18.5. The van der Waals surface area contributed by atoms with Gasteiger partial charge in [0.2, 0.25) is 5.91 Å². The fourth-order valence-corrected chi connectivity index (χ4v) is 14.8. The van der Waals surface area contributed by atoms with E-state index in [1.807, 2.05) is 17.6 Å². The molecule has 0 bridgehead atoms. The van der Waals surface area contributed by atoms with Crippen LogP contribution in [0.4, 0.5) is 0 Å². The first-order valence-electron chi connectivity index (χ1n) is 29.7. The third-order valence-electron chi connectivity index (χ3n) is 16.8. The van der Waals surface area contributed by atoms with Gasteiger partial charge in [-0.2, -0.15) is 5.10 Å². The Balaban J connectivity index is 0.000000205. The van der Waals surface area contributed by atoms with E-state index in [1.165, 1.54) is 38.6 Å². The molecule has 24 heteroatoms. The lowest BCUT2D eigenvalue weighted by molar-refractivity contribution is -0.940. The maximum absolute atomic E-state index is 12.6. The van der Waals surface area contributed by atoms with Crippen LogP contribution in [-0.2, 0) is 43.5 Å². The molecule has 0 saturated carbocycles. The lowest BCUT2D eigenvalue weighted by Gasteiger charge is -2.42. The van der Waals surface area contributed by atoms with Crippen molar-refractivity contribution in [2.45, 2.75) is 164 Å². The number of H-pyrrole nitrogens is 2. The molecule has 0 radical (unpaired) electrons. The van der Waals surface area contributed by atoms with Gasteiger partial charge in [-0.05, 0) is 182 Å². The maximum atomic E-state index is 12.6. The smallest absolute Gasteiger partial charge is 0.477 e. The topological polar surface area (TPSA) is 287 Å². The Morgan fingerprint density at radius 1 is 0.744 bits per heavy atom. The van der Waals surface area contributed by atoms with Crippen LogP contribution in [0, 0.1) is 27.7 Å². The molecule has 2 aromatic carbocycles. The number of pyridine rings is 2. The minimum atomic E-state index is -4.51. The first-order valence-corrected chi connectivity index (χ1v) is 32.6. The number of piperidine rings is 2. The van der Waals surface area contributed by atoms with E-state index in [9.17, 15) is 28.5 Å². The van der Waals surface area contributed by atoms with Crippen LogP contribution in [0.15, 0.2) is 61.4 Å². The number of carbonyl (C=O) groups is 2. The van der Waals surface area contributed by atoms with Crippen LogP contribution >= 0.6 is 15.6 Å². The predicted molar refractivity (Wildman–Crippen MR) is 330 cm³/mol. The molecule has 86 heavy (non-hydrogen) atoms. The Morgan fingerprint density at radius 3 is 1.78 bits per heavy atom. The number of likely N-dealkylation sites (tertiary alicyclic amines) is 2. The fraction of sp³-hybridized carbons (Fsp3) is 0.516. The summed E-state index contributed by atoms with van der Waals surface area (Å²) in [6, 6.07) is 13.4. The minimum absolute atomic E-state index is 0.0365. The van der Waals surface area contributed by atoms with Crippen LogP contribution in [0.25, 0.3) is 55.6 Å². The van der Waals surface area contributed by atoms with Gasteiger partial charge in [-0.25, -0.2) is 23.2 Å². The van der Waals surface area contributed by atoms with Crippen LogP contribution in [0.2, 0.25) is 0 Å². The maximum Gasteiger partial charge on any atom is 0.477 e. The number of primary amides is 2. The molecule has 464 valence electrons. The zero-order valence-corrected chi connectivity index (χ0v) is 54.1. The largest absolute Gasteiger partial charge is 0.756 e. The molecular weight excluding hydrogens is 1130 g/mol. The Hall–Kier alpha value is -6.16. The van der Waals surface area contributed by atoms with Gasteiger partial charge in [0.15, 0.2) is 25.7 Å². The van der Waals surface area contributed by atoms with E-state index >= 15 is 0 Å². The van der Waals surface area contributed by atoms with Gasteiger partial charge in [-0.3, -0.25) is 32.6 Å². The van der Waals surface area contributed by atoms with E-state index in [1.54, 1.807) is 63.3 Å². The standard InChI is InChI=1S/2C31H43N6O5P/c1-19(2)28-24-14-23(22-10-12-35(13-11-22)16-27(32)38)8-9-26(24)34-29(28)25-15-37-30(21(4)20(25)3)36(17-33-37)18-41-43(39,40)42-31(5,6)7;1-19(2)28-24-14-23(8-9-26(24)35-29(28)25-15-36-30(33-17-34-36)21(4)20(25)3)22-10-12-37(13-11-22,16-27(32)38)18-41-43(39,40)42-31(5,6)7/h8-9,14-15,17,19,22,34H,10-13,16,18H2,1-7H3,(H2-,32,38,39,40);8-9,14-15,17,19,22,35H,10-13,16,18H2,1-7H3,(H2-,32,38,39,40)/p+1. The number of rotatable bonds is 18. The summed E-state index contributed by atoms with van der Waals surface area (Å²) in [6.45, 7) is 30.1. The zero-order chi connectivity index (χ0) is 62.6. The highest BCUT2D eigenvalue weighted by Gasteiger charge is 2.40. The third kappa shape index (κ3) is 14.4. The van der Waals surface area contributed by atoms with E-state index in [2.05, 4.69) is 121 Å². The number of aromatic amines is 2. The number of phosphoric acid groups is 2. The number of carbonyl (C=O) groups excluding carboxylic acids is 2. The number of aryl methyl sites for hydroxylation is 2. The van der Waals surface area contributed by atoms with Crippen molar-refractivity contribution in [3.05, 3.63) is 106 Å². The molecule has 2 amide bonds. The first kappa shape index (κ1) is 64.3. The minimum Gasteiger partial charge on any atom is -0.756 e. The summed E-state index contributed by atoms with van der Waals surface area (Å²) >= 11 is 0. The monoisotopic (exact) mass is 1220 g/mol. The van der Waals surface area contributed by atoms with Crippen molar-refractivity contribution < 1.29 is 55.7 Å². The number of quaternary nitrogens is 1. The lowest BCUT2D eigenvalue weighted by Crippen LogP contribution is -2.57. The quantitative estimate of drug-likeness (QED) is 0.0304. The van der Waals surface area contributed by atoms with Crippen molar-refractivity contribution in [2.75, 3.05) is 46.0 Å². The molecule has 8 heterocycles. The molecule has 0 aliphatic carbocycles. The van der Waals surface area contributed by atoms with Crippen LogP contribution in [-0.4, -0.2) is 117 Å². The second kappa shape index (κ2) is 24.8. The average molecular weight is 1220 g/mol. The SMILES string of the molecule is Cc1c(-c2[nH]c3ccc(C4CCN(CC(N)=O)CC4)cc3c2C(C)C)cn2nc[n+](COP(=O)([O-])OC(C)(C)C)c2c1C.Cc1c(-c2[nH]c3ccc(C4CC[N+](COP(=O)(O)OC(C)(C)C)(CC(N)=O)CC4)cc3c2C(C)C)cn2ncnc2c1C. The highest BCUT2D eigenvalue weighted by atomic mass is 31.2. The molecule has 10 rings (SSSR count). The number of nitrogens with zero attached hydrogens (tertiary/aromatic N) is 8. The van der Waals surface area contributed by atoms with Crippen LogP contribution in [0.3, 0.4) is 0 Å². The van der Waals surface area contributed by atoms with Crippen molar-refractivity contribution in [3.63, 3.8) is 0 Å². The molecule has 8 aromatic rings. The fourth-order valence-electron chi connectivity index (χ4n) is 12.6. The summed E-state index contributed by atoms with van der Waals surface area (Å²) < 4.78 is 51.4. The van der Waals surface area contributed by atoms with Gasteiger partial charge in [0, 0.05) is 62.6 Å². The van der Waals surface area contributed by atoms with Gasteiger partial charge in [0.1, 0.15) is 12.5 Å². The van der Waals surface area contributed by atoms with Crippen LogP contribution in [0.5, 0.6) is 0 Å². The van der Waals surface area contributed by atoms with Gasteiger partial charge >= 0.3 is 7.82 Å². The third-order valence-corrected chi connectivity index (χ3v) is 19.3. The molecular formula is C62H87N12O10P2+. The molecule has 2 saturated heterocycles. The predicted octanol–water partition coefficient (Wildman–Crippen LogP) is 10.1. The van der Waals surface area contributed by atoms with Crippen molar-refractivity contribution in [1.82, 2.24) is 39.1 Å². The summed E-state index contributed by atoms with van der Waals surface area (Å²) in [5.74, 6) is 0.498. The number of amides is 2. The number of nitrogens with one attached hydrogen (secondary N) is 2. The van der Waals surface area contributed by atoms with Crippen molar-refractivity contribution in [3.8, 4) is 22.5 Å². The first-order chi connectivity index (χ1) is 40.2. The van der Waals surface area contributed by atoms with Gasteiger partial charge in [0.05, 0.1) is 42.2 Å². The summed E-state index contributed by atoms with van der Waals surface area (Å²) in [5.41, 5.74) is 26.7. The summed E-state index contributed by atoms with van der Waals surface area (Å²) in [7, 11) is -8.81. The highest BCUT2D eigenvalue weighted by molar-refractivity contribution is 7.47. The number of benzene rings is 2. The second-order valence-electron chi connectivity index (χ2n) is 26.3. The normalized spacial score (nSPS) is 19.0. The zero-order valence-electron chi connectivity index (χ0n) is 52.3. The summed E-state index contributed by atoms with van der Waals surface area (Å²) in [6.07, 6.45) is 10.8. The molecule has 2 aliphatic rings. The van der Waals surface area contributed by atoms with Crippen molar-refractivity contribution in [1.29, 1.82) is 0 Å². The van der Waals surface area contributed by atoms with Gasteiger partial charge in [-0.15, -0.1) is 0 Å².